The third kappa shape index (κ3) is 3.36. The second-order valence-electron chi connectivity index (χ2n) is 3.49. The highest BCUT2D eigenvalue weighted by atomic mass is 16.2. The summed E-state index contributed by atoms with van der Waals surface area (Å²) in [6.45, 7) is 0.433. The molecule has 1 aliphatic rings. The fourth-order valence-electron chi connectivity index (χ4n) is 1.57. The molecule has 2 amide bonds. The second kappa shape index (κ2) is 5.62. The fraction of sp³-hybridized carbons (Fsp3) is 0.700. The second-order valence-corrected chi connectivity index (χ2v) is 3.49. The lowest BCUT2D eigenvalue weighted by molar-refractivity contribution is -0.124. The van der Waals surface area contributed by atoms with Crippen molar-refractivity contribution in [2.24, 2.45) is 5.92 Å². The fourth-order valence-corrected chi connectivity index (χ4v) is 1.57. The number of rotatable bonds is 4. The Morgan fingerprint density at radius 3 is 2.86 bits per heavy atom. The largest absolute Gasteiger partial charge is 0.359 e. The van der Waals surface area contributed by atoms with Crippen LogP contribution in [0.5, 0.6) is 0 Å². The molecular formula is C10H17N2O2. The van der Waals surface area contributed by atoms with E-state index >= 15 is 0 Å². The Hall–Kier alpha value is -1.06. The summed E-state index contributed by atoms with van der Waals surface area (Å²) in [5.74, 6) is 0.0896. The molecule has 0 saturated heterocycles. The number of nitrogens with one attached hydrogen (secondary N) is 2. The van der Waals surface area contributed by atoms with E-state index in [-0.39, 0.29) is 17.7 Å². The van der Waals surface area contributed by atoms with Crippen LogP contribution in [-0.4, -0.2) is 25.4 Å². The molecule has 1 saturated carbocycles. The number of hydrogen-bond acceptors (Lipinski definition) is 2. The zero-order chi connectivity index (χ0) is 10.4. The lowest BCUT2D eigenvalue weighted by Crippen LogP contribution is -2.32. The Morgan fingerprint density at radius 2 is 2.29 bits per heavy atom. The van der Waals surface area contributed by atoms with E-state index in [0.29, 0.717) is 13.0 Å². The minimum atomic E-state index is -0.0410. The maximum absolute atomic E-state index is 11.4. The van der Waals surface area contributed by atoms with Gasteiger partial charge < -0.3 is 10.6 Å². The maximum atomic E-state index is 11.4. The molecule has 0 aromatic rings. The van der Waals surface area contributed by atoms with Crippen molar-refractivity contribution in [2.75, 3.05) is 13.6 Å². The molecule has 0 aromatic heterocycles. The van der Waals surface area contributed by atoms with Gasteiger partial charge in [0.25, 0.3) is 0 Å². The van der Waals surface area contributed by atoms with E-state index in [0.717, 1.165) is 19.3 Å². The van der Waals surface area contributed by atoms with Gasteiger partial charge in [0.15, 0.2) is 0 Å². The van der Waals surface area contributed by atoms with Crippen LogP contribution < -0.4 is 10.6 Å². The molecule has 1 radical (unpaired) electrons. The van der Waals surface area contributed by atoms with Crippen molar-refractivity contribution >= 4 is 11.8 Å². The Bertz CT molecular complexity index is 210. The van der Waals surface area contributed by atoms with Crippen molar-refractivity contribution < 1.29 is 9.59 Å². The molecule has 0 spiro atoms. The van der Waals surface area contributed by atoms with E-state index in [1.165, 1.54) is 0 Å². The van der Waals surface area contributed by atoms with E-state index < -0.39 is 0 Å². The van der Waals surface area contributed by atoms with E-state index in [2.05, 4.69) is 17.1 Å². The zero-order valence-corrected chi connectivity index (χ0v) is 8.51. The van der Waals surface area contributed by atoms with Crippen molar-refractivity contribution in [2.45, 2.75) is 25.7 Å². The van der Waals surface area contributed by atoms with Crippen LogP contribution in [0.25, 0.3) is 0 Å². The Balaban J connectivity index is 2.11. The molecule has 0 bridgehead atoms. The highest BCUT2D eigenvalue weighted by molar-refractivity contribution is 5.81. The number of carbonyl (C=O) groups excluding carboxylic acids is 2. The van der Waals surface area contributed by atoms with Gasteiger partial charge in [-0.1, -0.05) is 6.42 Å². The molecule has 4 heteroatoms. The van der Waals surface area contributed by atoms with Crippen LogP contribution in [0.15, 0.2) is 0 Å². The number of carbonyl (C=O) groups is 2. The number of amides is 2. The molecule has 14 heavy (non-hydrogen) atoms. The highest BCUT2D eigenvalue weighted by Gasteiger charge is 2.22. The van der Waals surface area contributed by atoms with E-state index in [1.54, 1.807) is 7.05 Å². The van der Waals surface area contributed by atoms with Gasteiger partial charge in [0, 0.05) is 25.9 Å². The lowest BCUT2D eigenvalue weighted by atomic mass is 10.1. The molecule has 79 valence electrons. The van der Waals surface area contributed by atoms with Crippen LogP contribution in [0.3, 0.4) is 0 Å². The third-order valence-corrected chi connectivity index (χ3v) is 2.44. The van der Waals surface area contributed by atoms with Crippen molar-refractivity contribution in [1.29, 1.82) is 0 Å². The van der Waals surface area contributed by atoms with Gasteiger partial charge in [-0.25, -0.2) is 0 Å². The van der Waals surface area contributed by atoms with Crippen LogP contribution in [0.1, 0.15) is 25.7 Å². The van der Waals surface area contributed by atoms with Crippen LogP contribution in [0, 0.1) is 12.3 Å². The van der Waals surface area contributed by atoms with Gasteiger partial charge in [0.05, 0.1) is 0 Å². The summed E-state index contributed by atoms with van der Waals surface area (Å²) in [7, 11) is 1.59. The molecule has 1 aliphatic carbocycles. The highest BCUT2D eigenvalue weighted by Crippen LogP contribution is 2.23. The van der Waals surface area contributed by atoms with Gasteiger partial charge in [0.1, 0.15) is 0 Å². The molecule has 0 heterocycles. The summed E-state index contributed by atoms with van der Waals surface area (Å²) >= 11 is 0. The molecular weight excluding hydrogens is 180 g/mol. The van der Waals surface area contributed by atoms with Gasteiger partial charge in [-0.15, -0.1) is 0 Å². The quantitative estimate of drug-likeness (QED) is 0.678. The first-order valence-electron chi connectivity index (χ1n) is 5.05. The Labute approximate surface area is 84.4 Å². The van der Waals surface area contributed by atoms with Crippen LogP contribution in [-0.2, 0) is 9.59 Å². The summed E-state index contributed by atoms with van der Waals surface area (Å²) in [5, 5.41) is 5.27. The molecule has 1 unspecified atom stereocenters. The average Bonchev–Trinajstić information content (AvgIpc) is 2.70. The molecule has 0 aliphatic heterocycles. The van der Waals surface area contributed by atoms with Gasteiger partial charge in [0.2, 0.25) is 11.8 Å². The van der Waals surface area contributed by atoms with Crippen molar-refractivity contribution in [1.82, 2.24) is 10.6 Å². The average molecular weight is 197 g/mol. The smallest absolute Gasteiger partial charge is 0.223 e. The normalized spacial score (nSPS) is 16.6. The first-order valence-corrected chi connectivity index (χ1v) is 5.05. The maximum Gasteiger partial charge on any atom is 0.223 e. The molecule has 1 atom stereocenters. The predicted molar refractivity (Wildman–Crippen MR) is 53.3 cm³/mol. The van der Waals surface area contributed by atoms with Crippen molar-refractivity contribution in [3.63, 3.8) is 0 Å². The summed E-state index contributed by atoms with van der Waals surface area (Å²) in [5.41, 5.74) is 0. The summed E-state index contributed by atoms with van der Waals surface area (Å²) < 4.78 is 0. The van der Waals surface area contributed by atoms with Crippen LogP contribution in [0.2, 0.25) is 0 Å². The molecule has 4 nitrogen and oxygen atoms in total. The van der Waals surface area contributed by atoms with Crippen molar-refractivity contribution in [3.8, 4) is 0 Å². The Kier molecular flexibility index (Phi) is 4.43. The number of hydrogen-bond donors (Lipinski definition) is 2. The third-order valence-electron chi connectivity index (χ3n) is 2.44. The molecule has 0 aromatic carbocycles. The standard InChI is InChI=1S/C10H17N2O2/c1-11-9(13)6-7-12-10(14)8-4-2-3-5-8/h4,8H,2-3,5-7H2,1H3,(H,11,13)(H,12,14). The summed E-state index contributed by atoms with van der Waals surface area (Å²) in [6.07, 6.45) is 5.50. The predicted octanol–water partition coefficient (Wildman–Crippen LogP) is 0.243. The van der Waals surface area contributed by atoms with Gasteiger partial charge in [-0.2, -0.15) is 0 Å². The van der Waals surface area contributed by atoms with E-state index in [9.17, 15) is 9.59 Å². The first-order chi connectivity index (χ1) is 6.74. The van der Waals surface area contributed by atoms with Gasteiger partial charge in [-0.3, -0.25) is 9.59 Å². The van der Waals surface area contributed by atoms with Crippen LogP contribution >= 0.6 is 0 Å². The van der Waals surface area contributed by atoms with Crippen LogP contribution in [0.4, 0.5) is 0 Å². The van der Waals surface area contributed by atoms with Gasteiger partial charge >= 0.3 is 0 Å². The van der Waals surface area contributed by atoms with Gasteiger partial charge in [-0.05, 0) is 19.3 Å². The summed E-state index contributed by atoms with van der Waals surface area (Å²) in [6, 6.07) is 0. The minimum Gasteiger partial charge on any atom is -0.359 e. The summed E-state index contributed by atoms with van der Waals surface area (Å²) in [4.78, 5) is 22.3. The Morgan fingerprint density at radius 1 is 1.50 bits per heavy atom. The first kappa shape index (κ1) is 11.0. The lowest BCUT2D eigenvalue weighted by Gasteiger charge is -2.09. The molecule has 1 rings (SSSR count). The van der Waals surface area contributed by atoms with E-state index in [4.69, 9.17) is 0 Å². The topological polar surface area (TPSA) is 58.2 Å². The van der Waals surface area contributed by atoms with E-state index in [1.807, 2.05) is 0 Å². The minimum absolute atomic E-state index is 0.0410. The monoisotopic (exact) mass is 197 g/mol. The zero-order valence-electron chi connectivity index (χ0n) is 8.51. The molecule has 1 fully saturated rings. The SMILES string of the molecule is CNC(=O)CCNC(=O)C1[CH]CCC1. The molecule has 2 N–H and O–H groups in total. The van der Waals surface area contributed by atoms with Crippen molar-refractivity contribution in [3.05, 3.63) is 6.42 Å².